The minimum Gasteiger partial charge on any atom is -0.470 e. The molecule has 28 heavy (non-hydrogen) atoms. The van der Waals surface area contributed by atoms with Crippen molar-refractivity contribution in [1.29, 1.82) is 0 Å². The van der Waals surface area contributed by atoms with Gasteiger partial charge in [0.15, 0.2) is 5.16 Å². The molecule has 1 aliphatic heterocycles. The zero-order chi connectivity index (χ0) is 20.2. The number of aromatic nitrogens is 2. The van der Waals surface area contributed by atoms with Crippen molar-refractivity contribution in [3.8, 4) is 11.8 Å². The van der Waals surface area contributed by atoms with E-state index in [0.717, 1.165) is 31.0 Å². The Bertz CT molecular complexity index is 989. The van der Waals surface area contributed by atoms with E-state index in [2.05, 4.69) is 26.3 Å². The molecule has 0 aromatic carbocycles. The number of nitrogens with zero attached hydrogens (tertiary/aromatic N) is 2. The third-order valence-corrected chi connectivity index (χ3v) is 6.64. The summed E-state index contributed by atoms with van der Waals surface area (Å²) in [6, 6.07) is 0. The first-order chi connectivity index (χ1) is 13.1. The number of ether oxygens (including phenoxy) is 1. The van der Waals surface area contributed by atoms with Gasteiger partial charge in [-0.15, -0.1) is 0 Å². The van der Waals surface area contributed by atoms with Gasteiger partial charge in [-0.3, -0.25) is 0 Å². The predicted molar refractivity (Wildman–Crippen MR) is 95.7 cm³/mol. The Kier molecular flexibility index (Phi) is 4.65. The highest BCUT2D eigenvalue weighted by molar-refractivity contribution is 7.98. The maximum absolute atomic E-state index is 12.7. The maximum Gasteiger partial charge on any atom is 0.534 e. The van der Waals surface area contributed by atoms with Crippen LogP contribution in [0, 0.1) is 0 Å². The first-order valence-electron chi connectivity index (χ1n) is 8.65. The van der Waals surface area contributed by atoms with E-state index in [9.17, 15) is 21.6 Å². The summed E-state index contributed by atoms with van der Waals surface area (Å²) in [4.78, 5) is 8.10. The quantitative estimate of drug-likeness (QED) is 0.309. The van der Waals surface area contributed by atoms with Crippen molar-refractivity contribution in [2.45, 2.75) is 54.8 Å². The van der Waals surface area contributed by atoms with Crippen LogP contribution in [0.2, 0.25) is 0 Å². The smallest absolute Gasteiger partial charge is 0.470 e. The van der Waals surface area contributed by atoms with Crippen molar-refractivity contribution in [2.75, 3.05) is 6.26 Å². The van der Waals surface area contributed by atoms with Crippen LogP contribution < -0.4 is 8.92 Å². The lowest BCUT2D eigenvalue weighted by atomic mass is 9.88. The fraction of sp³-hybridized carbons (Fsp3) is 0.529. The third-order valence-electron chi connectivity index (χ3n) is 5.14. The lowest BCUT2D eigenvalue weighted by Gasteiger charge is -2.35. The largest absolute Gasteiger partial charge is 0.534 e. The third kappa shape index (κ3) is 3.38. The van der Waals surface area contributed by atoms with Gasteiger partial charge < -0.3 is 8.92 Å². The average Bonchev–Trinajstić information content (AvgIpc) is 2.97. The molecule has 1 atom stereocenters. The number of hydrogen-bond donors (Lipinski definition) is 0. The first kappa shape index (κ1) is 19.6. The second kappa shape index (κ2) is 6.65. The van der Waals surface area contributed by atoms with Crippen LogP contribution in [-0.4, -0.2) is 35.8 Å². The number of rotatable bonds is 3. The van der Waals surface area contributed by atoms with E-state index in [1.807, 2.05) is 0 Å². The Morgan fingerprint density at radius 1 is 1.25 bits per heavy atom. The van der Waals surface area contributed by atoms with Gasteiger partial charge in [0.25, 0.3) is 0 Å². The summed E-state index contributed by atoms with van der Waals surface area (Å²) in [5.74, 6) is -0.515. The van der Waals surface area contributed by atoms with Gasteiger partial charge in [-0.1, -0.05) is 29.5 Å². The van der Waals surface area contributed by atoms with Crippen LogP contribution in [0.15, 0.2) is 28.5 Å². The summed E-state index contributed by atoms with van der Waals surface area (Å²) >= 11 is 1.06. The van der Waals surface area contributed by atoms with Crippen LogP contribution in [0.3, 0.4) is 0 Å². The van der Waals surface area contributed by atoms with Gasteiger partial charge in [-0.2, -0.15) is 31.6 Å². The molecule has 1 aromatic heterocycles. The minimum absolute atomic E-state index is 0.0822. The molecule has 152 valence electrons. The summed E-state index contributed by atoms with van der Waals surface area (Å²) in [5, 5.41) is 0.0822. The lowest BCUT2D eigenvalue weighted by Crippen LogP contribution is -2.38. The summed E-state index contributed by atoms with van der Waals surface area (Å²) in [6.07, 6.45) is 10.0. The van der Waals surface area contributed by atoms with Crippen LogP contribution >= 0.6 is 11.8 Å². The fourth-order valence-corrected chi connectivity index (χ4v) is 4.63. The zero-order valence-electron chi connectivity index (χ0n) is 14.9. The molecule has 2 heterocycles. The van der Waals surface area contributed by atoms with Crippen molar-refractivity contribution in [1.82, 2.24) is 9.97 Å². The van der Waals surface area contributed by atoms with Gasteiger partial charge in [0.05, 0.1) is 5.56 Å². The number of alkyl halides is 3. The van der Waals surface area contributed by atoms with Crippen LogP contribution in [0.1, 0.15) is 37.7 Å². The van der Waals surface area contributed by atoms with Gasteiger partial charge in [0.2, 0.25) is 11.8 Å². The van der Waals surface area contributed by atoms with E-state index in [-0.39, 0.29) is 23.0 Å². The molecule has 1 spiro atoms. The molecular weight excluding hydrogens is 417 g/mol. The van der Waals surface area contributed by atoms with Gasteiger partial charge in [-0.05, 0) is 37.5 Å². The van der Waals surface area contributed by atoms with Crippen molar-refractivity contribution in [2.24, 2.45) is 0 Å². The molecule has 1 unspecified atom stereocenters. The van der Waals surface area contributed by atoms with Crippen molar-refractivity contribution >= 4 is 21.9 Å². The van der Waals surface area contributed by atoms with E-state index in [4.69, 9.17) is 4.74 Å². The molecule has 0 radical (unpaired) electrons. The maximum atomic E-state index is 12.7. The second-order valence-electron chi connectivity index (χ2n) is 6.99. The topological polar surface area (TPSA) is 78.4 Å². The minimum atomic E-state index is -5.83. The highest BCUT2D eigenvalue weighted by atomic mass is 32.2. The monoisotopic (exact) mass is 434 g/mol. The van der Waals surface area contributed by atoms with Gasteiger partial charge in [0, 0.05) is 12.8 Å². The Balaban J connectivity index is 1.67. The molecule has 0 fully saturated rings. The summed E-state index contributed by atoms with van der Waals surface area (Å²) < 4.78 is 71.6. The predicted octanol–water partition coefficient (Wildman–Crippen LogP) is 3.93. The van der Waals surface area contributed by atoms with Crippen molar-refractivity contribution in [3.63, 3.8) is 0 Å². The van der Waals surface area contributed by atoms with Crippen LogP contribution in [0.4, 0.5) is 13.2 Å². The summed E-state index contributed by atoms with van der Waals surface area (Å²) in [5.41, 5.74) is -3.32. The van der Waals surface area contributed by atoms with E-state index < -0.39 is 27.1 Å². The number of hydrogen-bond acceptors (Lipinski definition) is 7. The molecule has 0 saturated heterocycles. The molecule has 1 aromatic rings. The number of fused-ring (bicyclic) bond motifs is 1. The molecule has 2 aliphatic carbocycles. The van der Waals surface area contributed by atoms with E-state index >= 15 is 0 Å². The molecule has 6 nitrogen and oxygen atoms in total. The summed E-state index contributed by atoms with van der Waals surface area (Å²) in [7, 11) is -5.83. The van der Waals surface area contributed by atoms with Crippen molar-refractivity contribution < 1.29 is 30.5 Å². The van der Waals surface area contributed by atoms with E-state index in [0.29, 0.717) is 12.8 Å². The molecular formula is C17H17F3N2O4S2. The summed E-state index contributed by atoms with van der Waals surface area (Å²) in [6.45, 7) is 0. The normalized spacial score (nSPS) is 24.1. The van der Waals surface area contributed by atoms with Gasteiger partial charge in [-0.25, -0.2) is 0 Å². The Morgan fingerprint density at radius 2 is 2.04 bits per heavy atom. The van der Waals surface area contributed by atoms with E-state index in [1.54, 1.807) is 6.26 Å². The van der Waals surface area contributed by atoms with E-state index in [1.165, 1.54) is 11.1 Å². The van der Waals surface area contributed by atoms with Crippen LogP contribution in [0.5, 0.6) is 11.8 Å². The lowest BCUT2D eigenvalue weighted by molar-refractivity contribution is -0.0502. The molecule has 3 aliphatic rings. The van der Waals surface area contributed by atoms with Gasteiger partial charge in [0.1, 0.15) is 5.60 Å². The fourth-order valence-electron chi connectivity index (χ4n) is 3.84. The van der Waals surface area contributed by atoms with Crippen molar-refractivity contribution in [3.05, 3.63) is 28.9 Å². The molecule has 0 amide bonds. The SMILES string of the molecule is CSc1nc2c(c(OS(=O)(=O)C(F)(F)F)n1)CCC1(CC3=C(CCC=C3)C1)O2. The zero-order valence-corrected chi connectivity index (χ0v) is 16.5. The first-order valence-corrected chi connectivity index (χ1v) is 11.3. The second-order valence-corrected chi connectivity index (χ2v) is 9.30. The molecule has 4 rings (SSSR count). The molecule has 0 bridgehead atoms. The average molecular weight is 434 g/mol. The number of halogens is 3. The van der Waals surface area contributed by atoms with Gasteiger partial charge >= 0.3 is 15.6 Å². The molecule has 0 saturated carbocycles. The number of thioether (sulfide) groups is 1. The molecule has 11 heteroatoms. The highest BCUT2D eigenvalue weighted by Gasteiger charge is 2.50. The standard InChI is InChI=1S/C17H17F3N2O4S2/c1-27-15-21-13-12(14(22-15)26-28(23,24)17(18,19)20)6-7-16(25-13)8-10-4-2-3-5-11(10)9-16/h2,4H,3,5-9H2,1H3. The Labute approximate surface area is 164 Å². The Morgan fingerprint density at radius 3 is 2.71 bits per heavy atom. The van der Waals surface area contributed by atoms with Crippen LogP contribution in [-0.2, 0) is 16.5 Å². The Hall–Kier alpha value is -1.75. The number of allylic oxidation sites excluding steroid dienone is 2. The highest BCUT2D eigenvalue weighted by Crippen LogP contribution is 2.49. The molecule has 0 N–H and O–H groups in total. The van der Waals surface area contributed by atoms with Crippen LogP contribution in [0.25, 0.3) is 0 Å².